The molecule has 4 heterocycles. The summed E-state index contributed by atoms with van der Waals surface area (Å²) < 4.78 is 5.42. The lowest BCUT2D eigenvalue weighted by Gasteiger charge is -2.27. The highest BCUT2D eigenvalue weighted by molar-refractivity contribution is 7.14. The number of amides is 1. The van der Waals surface area contributed by atoms with E-state index in [-0.39, 0.29) is 17.9 Å². The zero-order valence-corrected chi connectivity index (χ0v) is 16.3. The molecule has 1 N–H and O–H groups in total. The van der Waals surface area contributed by atoms with E-state index in [9.17, 15) is 4.79 Å². The van der Waals surface area contributed by atoms with E-state index in [0.29, 0.717) is 11.7 Å². The van der Waals surface area contributed by atoms with Crippen molar-refractivity contribution in [1.29, 1.82) is 0 Å². The summed E-state index contributed by atoms with van der Waals surface area (Å²) in [5, 5.41) is 7.59. The number of carbonyl (C=O) groups is 1. The molecule has 1 unspecified atom stereocenters. The third kappa shape index (κ3) is 3.42. The molecule has 1 atom stereocenters. The van der Waals surface area contributed by atoms with Gasteiger partial charge in [0.05, 0.1) is 10.9 Å². The van der Waals surface area contributed by atoms with Crippen molar-refractivity contribution in [3.63, 3.8) is 0 Å². The Morgan fingerprint density at radius 2 is 2.27 bits per heavy atom. The summed E-state index contributed by atoms with van der Waals surface area (Å²) in [6.45, 7) is 6.70. The Kier molecular flexibility index (Phi) is 5.09. The first-order chi connectivity index (χ1) is 12.6. The normalized spacial score (nSPS) is 20.9. The highest BCUT2D eigenvalue weighted by atomic mass is 32.1. The lowest BCUT2D eigenvalue weighted by molar-refractivity contribution is 0.0675. The van der Waals surface area contributed by atoms with Crippen LogP contribution in [0.2, 0.25) is 0 Å². The number of rotatable bonds is 3. The maximum absolute atomic E-state index is 13.3. The Balaban J connectivity index is 1.62. The van der Waals surface area contributed by atoms with E-state index in [1.165, 1.54) is 10.4 Å². The Labute approximate surface area is 158 Å². The van der Waals surface area contributed by atoms with E-state index >= 15 is 0 Å². The first-order valence-corrected chi connectivity index (χ1v) is 10.4. The van der Waals surface area contributed by atoms with Gasteiger partial charge in [0.25, 0.3) is 5.91 Å². The quantitative estimate of drug-likeness (QED) is 0.888. The van der Waals surface area contributed by atoms with Crippen molar-refractivity contribution in [3.8, 4) is 0 Å². The second-order valence-electron chi connectivity index (χ2n) is 7.50. The molecule has 1 amide bonds. The van der Waals surface area contributed by atoms with Gasteiger partial charge in [-0.05, 0) is 30.9 Å². The fraction of sp³-hybridized carbons (Fsp3) is 0.632. The molecule has 0 radical (unpaired) electrons. The average Bonchev–Trinajstić information content (AvgIpc) is 3.23. The van der Waals surface area contributed by atoms with Gasteiger partial charge in [-0.1, -0.05) is 31.8 Å². The van der Waals surface area contributed by atoms with Crippen LogP contribution in [0.4, 0.5) is 0 Å². The summed E-state index contributed by atoms with van der Waals surface area (Å²) in [6.07, 6.45) is 5.17. The molecule has 4 rings (SSSR count). The number of nitrogens with zero attached hydrogens (tertiary/aromatic N) is 3. The second kappa shape index (κ2) is 7.48. The minimum absolute atomic E-state index is 0.0847. The number of thiophene rings is 1. The van der Waals surface area contributed by atoms with E-state index in [0.717, 1.165) is 56.6 Å². The molecule has 2 aromatic rings. The molecule has 0 saturated carbocycles. The summed E-state index contributed by atoms with van der Waals surface area (Å²) in [6, 6.07) is 1.99. The zero-order chi connectivity index (χ0) is 18.1. The number of nitrogens with one attached hydrogen (secondary N) is 1. The maximum atomic E-state index is 13.3. The molecule has 2 aromatic heterocycles. The number of carbonyl (C=O) groups excluding carboxylic acids is 1. The molecule has 140 valence electrons. The lowest BCUT2D eigenvalue weighted by atomic mass is 10.1. The van der Waals surface area contributed by atoms with Crippen LogP contribution in [0, 0.1) is 0 Å². The zero-order valence-electron chi connectivity index (χ0n) is 15.5. The van der Waals surface area contributed by atoms with Crippen molar-refractivity contribution in [2.45, 2.75) is 64.5 Å². The van der Waals surface area contributed by atoms with Crippen molar-refractivity contribution in [1.82, 2.24) is 20.4 Å². The summed E-state index contributed by atoms with van der Waals surface area (Å²) in [5.74, 6) is 1.62. The van der Waals surface area contributed by atoms with Gasteiger partial charge in [0.15, 0.2) is 5.82 Å². The molecule has 26 heavy (non-hydrogen) atoms. The summed E-state index contributed by atoms with van der Waals surface area (Å²) in [4.78, 5) is 22.1. The number of hydrogen-bond acceptors (Lipinski definition) is 6. The largest absolute Gasteiger partial charge is 0.339 e. The minimum Gasteiger partial charge on any atom is -0.339 e. The Bertz CT molecular complexity index is 759. The van der Waals surface area contributed by atoms with Gasteiger partial charge >= 0.3 is 0 Å². The van der Waals surface area contributed by atoms with E-state index in [2.05, 4.69) is 21.5 Å². The third-order valence-corrected chi connectivity index (χ3v) is 6.44. The van der Waals surface area contributed by atoms with Crippen molar-refractivity contribution >= 4 is 17.2 Å². The molecule has 1 fully saturated rings. The summed E-state index contributed by atoms with van der Waals surface area (Å²) in [7, 11) is 0. The average molecular weight is 375 g/mol. The standard InChI is InChI=1S/C19H26N4O2S/c1-12(2)18-21-17(22-25-18)14-6-4-3-5-9-23(14)19(24)16-10-13-11-20-8-7-15(13)26-16/h10,12,14,20H,3-9,11H2,1-2H3. The van der Waals surface area contributed by atoms with Crippen LogP contribution in [0.25, 0.3) is 0 Å². The van der Waals surface area contributed by atoms with Crippen LogP contribution in [0.5, 0.6) is 0 Å². The van der Waals surface area contributed by atoms with Gasteiger partial charge in [0.1, 0.15) is 0 Å². The van der Waals surface area contributed by atoms with E-state index in [4.69, 9.17) is 4.52 Å². The van der Waals surface area contributed by atoms with Gasteiger partial charge in [0.2, 0.25) is 5.89 Å². The Morgan fingerprint density at radius 3 is 3.04 bits per heavy atom. The maximum Gasteiger partial charge on any atom is 0.264 e. The van der Waals surface area contributed by atoms with Crippen LogP contribution in [-0.4, -0.2) is 34.0 Å². The van der Waals surface area contributed by atoms with E-state index < -0.39 is 0 Å². The van der Waals surface area contributed by atoms with E-state index in [1.807, 2.05) is 18.7 Å². The topological polar surface area (TPSA) is 71.3 Å². The van der Waals surface area contributed by atoms with Crippen molar-refractivity contribution < 1.29 is 9.32 Å². The SMILES string of the molecule is CC(C)c1nc(C2CCCCCN2C(=O)c2cc3c(s2)CCNC3)no1. The van der Waals surface area contributed by atoms with Crippen LogP contribution in [-0.2, 0) is 13.0 Å². The van der Waals surface area contributed by atoms with Crippen LogP contribution in [0.15, 0.2) is 10.6 Å². The van der Waals surface area contributed by atoms with Gasteiger partial charge in [-0.2, -0.15) is 4.98 Å². The smallest absolute Gasteiger partial charge is 0.264 e. The predicted molar refractivity (Wildman–Crippen MR) is 100 cm³/mol. The fourth-order valence-corrected chi connectivity index (χ4v) is 4.87. The van der Waals surface area contributed by atoms with Crippen molar-refractivity contribution in [2.75, 3.05) is 13.1 Å². The molecule has 0 aliphatic carbocycles. The molecule has 1 saturated heterocycles. The molecule has 2 aliphatic heterocycles. The monoisotopic (exact) mass is 374 g/mol. The fourth-order valence-electron chi connectivity index (χ4n) is 3.74. The third-order valence-electron chi connectivity index (χ3n) is 5.21. The first kappa shape index (κ1) is 17.7. The Morgan fingerprint density at radius 1 is 1.38 bits per heavy atom. The van der Waals surface area contributed by atoms with Crippen LogP contribution in [0.1, 0.15) is 83.3 Å². The van der Waals surface area contributed by atoms with Crippen molar-refractivity contribution in [3.05, 3.63) is 33.1 Å². The molecule has 0 spiro atoms. The van der Waals surface area contributed by atoms with E-state index in [1.54, 1.807) is 11.3 Å². The Hall–Kier alpha value is -1.73. The molecular weight excluding hydrogens is 348 g/mol. The number of aromatic nitrogens is 2. The van der Waals surface area contributed by atoms with Gasteiger partial charge in [0, 0.05) is 30.4 Å². The summed E-state index contributed by atoms with van der Waals surface area (Å²) >= 11 is 1.66. The summed E-state index contributed by atoms with van der Waals surface area (Å²) in [5.41, 5.74) is 1.28. The molecule has 2 aliphatic rings. The van der Waals surface area contributed by atoms with Gasteiger partial charge < -0.3 is 14.7 Å². The highest BCUT2D eigenvalue weighted by Crippen LogP contribution is 2.33. The second-order valence-corrected chi connectivity index (χ2v) is 8.63. The van der Waals surface area contributed by atoms with Crippen LogP contribution >= 0.6 is 11.3 Å². The van der Waals surface area contributed by atoms with Crippen molar-refractivity contribution in [2.24, 2.45) is 0 Å². The molecule has 6 nitrogen and oxygen atoms in total. The predicted octanol–water partition coefficient (Wildman–Crippen LogP) is 3.66. The molecule has 7 heteroatoms. The van der Waals surface area contributed by atoms with Gasteiger partial charge in [-0.15, -0.1) is 11.3 Å². The molecule has 0 bridgehead atoms. The first-order valence-electron chi connectivity index (χ1n) is 9.60. The lowest BCUT2D eigenvalue weighted by Crippen LogP contribution is -2.35. The number of hydrogen-bond donors (Lipinski definition) is 1. The molecule has 0 aromatic carbocycles. The molecular formula is C19H26N4O2S. The number of fused-ring (bicyclic) bond motifs is 1. The minimum atomic E-state index is -0.0847. The number of likely N-dealkylation sites (tertiary alicyclic amines) is 1. The van der Waals surface area contributed by atoms with Crippen LogP contribution in [0.3, 0.4) is 0 Å². The highest BCUT2D eigenvalue weighted by Gasteiger charge is 2.32. The van der Waals surface area contributed by atoms with Gasteiger partial charge in [-0.25, -0.2) is 0 Å². The van der Waals surface area contributed by atoms with Gasteiger partial charge in [-0.3, -0.25) is 4.79 Å². The van der Waals surface area contributed by atoms with Crippen LogP contribution < -0.4 is 5.32 Å².